The van der Waals surface area contributed by atoms with Gasteiger partial charge in [0.15, 0.2) is 16.8 Å². The van der Waals surface area contributed by atoms with Crippen molar-refractivity contribution in [2.24, 2.45) is 0 Å². The first-order valence-electron chi connectivity index (χ1n) is 11.1. The van der Waals surface area contributed by atoms with Crippen LogP contribution in [0.25, 0.3) is 11.0 Å². The van der Waals surface area contributed by atoms with Crippen molar-refractivity contribution in [1.82, 2.24) is 13.9 Å². The van der Waals surface area contributed by atoms with E-state index in [1.165, 1.54) is 16.1 Å². The van der Waals surface area contributed by atoms with Gasteiger partial charge < -0.3 is 4.57 Å². The van der Waals surface area contributed by atoms with E-state index in [2.05, 4.69) is 9.55 Å². The third kappa shape index (κ3) is 4.28. The predicted molar refractivity (Wildman–Crippen MR) is 121 cm³/mol. The standard InChI is InChI=1S/C23H24F3N3O2S2/c24-16-11-15(22(26)19(25)12-16)14-32-23-27-20-13-18(33(30,31)28-9-3-4-10-28)7-8-21(20)29(23)17-5-1-2-6-17/h7-8,11-13,17H,1-6,9-10,14H2. The number of nitrogens with zero attached hydrogens (tertiary/aromatic N) is 3. The van der Waals surface area contributed by atoms with Crippen LogP contribution in [0.5, 0.6) is 0 Å². The van der Waals surface area contributed by atoms with Gasteiger partial charge in [-0.15, -0.1) is 0 Å². The summed E-state index contributed by atoms with van der Waals surface area (Å²) in [7, 11) is -3.58. The highest BCUT2D eigenvalue weighted by Crippen LogP contribution is 2.38. The second-order valence-corrected chi connectivity index (χ2v) is 11.5. The number of sulfonamides is 1. The van der Waals surface area contributed by atoms with E-state index >= 15 is 0 Å². The average Bonchev–Trinajstić information content (AvgIpc) is 3.55. The van der Waals surface area contributed by atoms with Crippen molar-refractivity contribution in [3.05, 3.63) is 53.3 Å². The van der Waals surface area contributed by atoms with Gasteiger partial charge in [0, 0.05) is 36.5 Å². The first kappa shape index (κ1) is 22.7. The number of hydrogen-bond acceptors (Lipinski definition) is 4. The summed E-state index contributed by atoms with van der Waals surface area (Å²) in [5, 5.41) is 0.594. The fraction of sp³-hybridized carbons (Fsp3) is 0.435. The molecule has 2 aromatic carbocycles. The lowest BCUT2D eigenvalue weighted by molar-refractivity contribution is 0.477. The van der Waals surface area contributed by atoms with Crippen LogP contribution in [0.2, 0.25) is 0 Å². The van der Waals surface area contributed by atoms with Gasteiger partial charge in [-0.05, 0) is 49.9 Å². The summed E-state index contributed by atoms with van der Waals surface area (Å²) in [5.74, 6) is -3.10. The number of thioether (sulfide) groups is 1. The maximum absolute atomic E-state index is 14.2. The summed E-state index contributed by atoms with van der Waals surface area (Å²) >= 11 is 1.20. The Morgan fingerprint density at radius 2 is 1.73 bits per heavy atom. The normalized spacial score (nSPS) is 18.0. The molecule has 1 saturated heterocycles. The molecule has 1 aliphatic heterocycles. The Morgan fingerprint density at radius 1 is 1.00 bits per heavy atom. The second kappa shape index (κ2) is 8.96. The van der Waals surface area contributed by atoms with Crippen molar-refractivity contribution in [1.29, 1.82) is 0 Å². The molecule has 1 aliphatic carbocycles. The molecule has 33 heavy (non-hydrogen) atoms. The van der Waals surface area contributed by atoms with Gasteiger partial charge in [-0.25, -0.2) is 26.6 Å². The molecule has 0 unspecified atom stereocenters. The molecule has 2 aliphatic rings. The van der Waals surface area contributed by atoms with Crippen LogP contribution in [-0.2, 0) is 15.8 Å². The molecule has 1 aromatic heterocycles. The second-order valence-electron chi connectivity index (χ2n) is 8.61. The Hall–Kier alpha value is -2.04. The average molecular weight is 496 g/mol. The topological polar surface area (TPSA) is 55.2 Å². The lowest BCUT2D eigenvalue weighted by Gasteiger charge is -2.17. The van der Waals surface area contributed by atoms with Gasteiger partial charge in [-0.2, -0.15) is 4.31 Å². The molecule has 1 saturated carbocycles. The lowest BCUT2D eigenvalue weighted by Crippen LogP contribution is -2.27. The van der Waals surface area contributed by atoms with Crippen LogP contribution in [0.3, 0.4) is 0 Å². The van der Waals surface area contributed by atoms with E-state index in [1.807, 2.05) is 0 Å². The van der Waals surface area contributed by atoms with Gasteiger partial charge in [-0.3, -0.25) is 0 Å². The van der Waals surface area contributed by atoms with Crippen LogP contribution in [0, 0.1) is 17.5 Å². The number of benzene rings is 2. The van der Waals surface area contributed by atoms with Crippen molar-refractivity contribution in [2.75, 3.05) is 13.1 Å². The van der Waals surface area contributed by atoms with Crippen LogP contribution in [0.4, 0.5) is 13.2 Å². The molecule has 0 radical (unpaired) electrons. The lowest BCUT2D eigenvalue weighted by atomic mass is 10.2. The molecule has 5 rings (SSSR count). The highest BCUT2D eigenvalue weighted by molar-refractivity contribution is 7.98. The zero-order valence-electron chi connectivity index (χ0n) is 17.9. The van der Waals surface area contributed by atoms with Crippen LogP contribution < -0.4 is 0 Å². The van der Waals surface area contributed by atoms with E-state index in [9.17, 15) is 21.6 Å². The van der Waals surface area contributed by atoms with Crippen LogP contribution >= 0.6 is 11.8 Å². The van der Waals surface area contributed by atoms with Gasteiger partial charge in [0.05, 0.1) is 15.9 Å². The number of rotatable bonds is 6. The van der Waals surface area contributed by atoms with Crippen molar-refractivity contribution < 1.29 is 21.6 Å². The van der Waals surface area contributed by atoms with E-state index in [-0.39, 0.29) is 22.3 Å². The fourth-order valence-electron chi connectivity index (χ4n) is 4.77. The highest BCUT2D eigenvalue weighted by Gasteiger charge is 2.29. The van der Waals surface area contributed by atoms with Gasteiger partial charge in [0.1, 0.15) is 5.82 Å². The van der Waals surface area contributed by atoms with E-state index < -0.39 is 27.5 Å². The van der Waals surface area contributed by atoms with Crippen molar-refractivity contribution in [3.63, 3.8) is 0 Å². The van der Waals surface area contributed by atoms with Crippen molar-refractivity contribution >= 4 is 32.8 Å². The zero-order valence-corrected chi connectivity index (χ0v) is 19.6. The maximum atomic E-state index is 14.2. The Balaban J connectivity index is 1.52. The summed E-state index contributed by atoms with van der Waals surface area (Å²) in [6.45, 7) is 1.04. The molecule has 0 bridgehead atoms. The van der Waals surface area contributed by atoms with Crippen molar-refractivity contribution in [2.45, 2.75) is 60.4 Å². The van der Waals surface area contributed by atoms with Crippen LogP contribution in [0.15, 0.2) is 40.4 Å². The molecule has 5 nitrogen and oxygen atoms in total. The van der Waals surface area contributed by atoms with E-state index in [4.69, 9.17) is 0 Å². The summed E-state index contributed by atoms with van der Waals surface area (Å²) in [6, 6.07) is 6.73. The molecule has 0 atom stereocenters. The minimum Gasteiger partial charge on any atom is -0.316 e. The number of imidazole rings is 1. The molecule has 0 spiro atoms. The molecule has 2 fully saturated rings. The van der Waals surface area contributed by atoms with Gasteiger partial charge in [0.25, 0.3) is 0 Å². The Morgan fingerprint density at radius 3 is 2.45 bits per heavy atom. The summed E-state index contributed by atoms with van der Waals surface area (Å²) < 4.78 is 71.0. The van der Waals surface area contributed by atoms with E-state index in [0.29, 0.717) is 29.8 Å². The zero-order chi connectivity index (χ0) is 23.2. The first-order chi connectivity index (χ1) is 15.8. The predicted octanol–water partition coefficient (Wildman–Crippen LogP) is 5.65. The largest absolute Gasteiger partial charge is 0.316 e. The minimum absolute atomic E-state index is 0.00941. The molecule has 0 N–H and O–H groups in total. The highest BCUT2D eigenvalue weighted by atomic mass is 32.2. The summed E-state index contributed by atoms with van der Waals surface area (Å²) in [6.07, 6.45) is 5.82. The van der Waals surface area contributed by atoms with Gasteiger partial charge in [-0.1, -0.05) is 24.6 Å². The molecule has 10 heteroatoms. The van der Waals surface area contributed by atoms with Crippen molar-refractivity contribution in [3.8, 4) is 0 Å². The number of fused-ring (bicyclic) bond motifs is 1. The summed E-state index contributed by atoms with van der Waals surface area (Å²) in [4.78, 5) is 4.89. The molecular formula is C23H24F3N3O2S2. The first-order valence-corrected chi connectivity index (χ1v) is 13.6. The number of halogens is 3. The third-order valence-corrected chi connectivity index (χ3v) is 9.34. The van der Waals surface area contributed by atoms with Gasteiger partial charge in [0.2, 0.25) is 10.0 Å². The molecule has 2 heterocycles. The molecule has 3 aromatic rings. The van der Waals surface area contributed by atoms with Gasteiger partial charge >= 0.3 is 0 Å². The minimum atomic E-state index is -3.58. The monoisotopic (exact) mass is 495 g/mol. The van der Waals surface area contributed by atoms with Crippen LogP contribution in [-0.4, -0.2) is 35.4 Å². The molecule has 0 amide bonds. The Bertz CT molecular complexity index is 1300. The van der Waals surface area contributed by atoms with Crippen LogP contribution in [0.1, 0.15) is 50.1 Å². The molecular weight excluding hydrogens is 471 g/mol. The quantitative estimate of drug-likeness (QED) is 0.328. The smallest absolute Gasteiger partial charge is 0.243 e. The maximum Gasteiger partial charge on any atom is 0.243 e. The van der Waals surface area contributed by atoms with E-state index in [0.717, 1.165) is 50.1 Å². The number of aromatic nitrogens is 2. The molecule has 176 valence electrons. The SMILES string of the molecule is O=S(=O)(c1ccc2c(c1)nc(SCc1cc(F)cc(F)c1F)n2C1CCCC1)N1CCCC1. The Labute approximate surface area is 195 Å². The number of hydrogen-bond donors (Lipinski definition) is 0. The summed E-state index contributed by atoms with van der Waals surface area (Å²) in [5.41, 5.74) is 1.30. The Kier molecular flexibility index (Phi) is 6.17. The van der Waals surface area contributed by atoms with E-state index in [1.54, 1.807) is 18.2 Å². The third-order valence-electron chi connectivity index (χ3n) is 6.45. The fourth-order valence-corrected chi connectivity index (χ4v) is 7.35.